The lowest BCUT2D eigenvalue weighted by molar-refractivity contribution is 0.0601. The smallest absolute Gasteiger partial charge is 0.337 e. The molecule has 0 aliphatic heterocycles. The van der Waals surface area contributed by atoms with Crippen molar-refractivity contribution in [3.8, 4) is 16.9 Å². The van der Waals surface area contributed by atoms with Crippen LogP contribution in [-0.2, 0) is 4.74 Å². The van der Waals surface area contributed by atoms with Crippen molar-refractivity contribution in [3.05, 3.63) is 53.8 Å². The van der Waals surface area contributed by atoms with Gasteiger partial charge in [0.1, 0.15) is 0 Å². The van der Waals surface area contributed by atoms with Crippen LogP contribution in [0.2, 0.25) is 0 Å². The van der Waals surface area contributed by atoms with E-state index in [1.807, 2.05) is 27.7 Å². The number of carbonyl (C=O) groups excluding carboxylic acids is 1. The molecule has 4 heteroatoms. The van der Waals surface area contributed by atoms with Crippen LogP contribution in [0.3, 0.4) is 0 Å². The van der Waals surface area contributed by atoms with Gasteiger partial charge in [0.25, 0.3) is 0 Å². The highest BCUT2D eigenvalue weighted by molar-refractivity contribution is 5.90. The number of esters is 1. The van der Waals surface area contributed by atoms with E-state index in [0.29, 0.717) is 11.1 Å². The Hall–Kier alpha value is -2.36. The average molecular weight is 306 g/mol. The molecular formula is C18H23FO3. The molecule has 0 heterocycles. The Morgan fingerprint density at radius 3 is 1.91 bits per heavy atom. The van der Waals surface area contributed by atoms with Crippen LogP contribution in [0.15, 0.2) is 42.5 Å². The van der Waals surface area contributed by atoms with Gasteiger partial charge in [0, 0.05) is 0 Å². The van der Waals surface area contributed by atoms with Gasteiger partial charge in [-0.05, 0) is 35.4 Å². The molecule has 22 heavy (non-hydrogen) atoms. The summed E-state index contributed by atoms with van der Waals surface area (Å²) in [5, 5.41) is 9.29. The van der Waals surface area contributed by atoms with Gasteiger partial charge in [-0.2, -0.15) is 0 Å². The molecule has 0 radical (unpaired) electrons. The van der Waals surface area contributed by atoms with Crippen LogP contribution in [0.5, 0.6) is 5.75 Å². The van der Waals surface area contributed by atoms with E-state index in [-0.39, 0.29) is 0 Å². The summed E-state index contributed by atoms with van der Waals surface area (Å²) < 4.78 is 17.5. The third-order valence-corrected chi connectivity index (χ3v) is 2.59. The Kier molecular flexibility index (Phi) is 9.27. The summed E-state index contributed by atoms with van der Waals surface area (Å²) in [5.74, 6) is -1.47. The Bertz CT molecular complexity index is 577. The van der Waals surface area contributed by atoms with Gasteiger partial charge in [-0.15, -0.1) is 0 Å². The molecule has 2 aromatic carbocycles. The fourth-order valence-corrected chi connectivity index (χ4v) is 1.61. The van der Waals surface area contributed by atoms with Gasteiger partial charge in [-0.25, -0.2) is 9.18 Å². The van der Waals surface area contributed by atoms with Crippen molar-refractivity contribution in [2.24, 2.45) is 0 Å². The quantitative estimate of drug-likeness (QED) is 0.791. The summed E-state index contributed by atoms with van der Waals surface area (Å²) in [6.45, 7) is 8.00. The lowest BCUT2D eigenvalue weighted by atomic mass is 10.0. The van der Waals surface area contributed by atoms with E-state index < -0.39 is 17.5 Å². The second-order valence-corrected chi connectivity index (χ2v) is 3.74. The van der Waals surface area contributed by atoms with Crippen molar-refractivity contribution in [1.29, 1.82) is 0 Å². The van der Waals surface area contributed by atoms with Crippen molar-refractivity contribution in [3.63, 3.8) is 0 Å². The highest BCUT2D eigenvalue weighted by Crippen LogP contribution is 2.25. The maximum Gasteiger partial charge on any atom is 0.337 e. The fourth-order valence-electron chi connectivity index (χ4n) is 1.61. The molecule has 0 atom stereocenters. The van der Waals surface area contributed by atoms with E-state index in [4.69, 9.17) is 0 Å². The number of carbonyl (C=O) groups is 1. The van der Waals surface area contributed by atoms with Gasteiger partial charge in [0.05, 0.1) is 12.7 Å². The molecule has 0 unspecified atom stereocenters. The van der Waals surface area contributed by atoms with E-state index in [0.717, 1.165) is 5.56 Å². The fraction of sp³-hybridized carbons (Fsp3) is 0.278. The number of methoxy groups -OCH3 is 1. The van der Waals surface area contributed by atoms with Crippen molar-refractivity contribution in [2.75, 3.05) is 7.11 Å². The van der Waals surface area contributed by atoms with Crippen LogP contribution in [0, 0.1) is 5.82 Å². The Labute approximate surface area is 131 Å². The molecule has 2 rings (SSSR count). The Balaban J connectivity index is 0.00000102. The number of ether oxygens (including phenoxy) is 1. The van der Waals surface area contributed by atoms with Crippen molar-refractivity contribution in [1.82, 2.24) is 0 Å². The number of aromatic hydroxyl groups is 1. The van der Waals surface area contributed by atoms with Crippen molar-refractivity contribution < 1.29 is 19.0 Å². The number of phenols is 1. The largest absolute Gasteiger partial charge is 0.505 e. The SMILES string of the molecule is CC.CC.COC(=O)c1ccc(-c2ccc(F)c(O)c2)cc1. The number of halogens is 1. The molecule has 0 amide bonds. The zero-order valence-electron chi connectivity index (χ0n) is 13.7. The summed E-state index contributed by atoms with van der Waals surface area (Å²) in [4.78, 5) is 11.2. The third kappa shape index (κ3) is 5.20. The van der Waals surface area contributed by atoms with E-state index in [1.165, 1.54) is 19.2 Å². The van der Waals surface area contributed by atoms with Crippen LogP contribution in [-0.4, -0.2) is 18.2 Å². The zero-order valence-corrected chi connectivity index (χ0v) is 13.7. The number of hydrogen-bond acceptors (Lipinski definition) is 3. The van der Waals surface area contributed by atoms with Crippen LogP contribution >= 0.6 is 0 Å². The summed E-state index contributed by atoms with van der Waals surface area (Å²) in [5.41, 5.74) is 1.89. The first kappa shape index (κ1) is 19.6. The molecule has 1 N–H and O–H groups in total. The summed E-state index contributed by atoms with van der Waals surface area (Å²) in [6, 6.07) is 10.7. The van der Waals surface area contributed by atoms with Crippen LogP contribution < -0.4 is 0 Å². The molecule has 0 spiro atoms. The standard InChI is InChI=1S/C14H11FO3.2C2H6/c1-18-14(17)10-4-2-9(3-5-10)11-6-7-12(15)13(16)8-11;2*1-2/h2-8,16H,1H3;2*1-2H3. The summed E-state index contributed by atoms with van der Waals surface area (Å²) in [6.07, 6.45) is 0. The zero-order chi connectivity index (χ0) is 17.1. The maximum absolute atomic E-state index is 12.9. The molecule has 0 saturated heterocycles. The summed E-state index contributed by atoms with van der Waals surface area (Å²) >= 11 is 0. The monoisotopic (exact) mass is 306 g/mol. The number of phenolic OH excluding ortho intramolecular Hbond substituents is 1. The third-order valence-electron chi connectivity index (χ3n) is 2.59. The second-order valence-electron chi connectivity index (χ2n) is 3.74. The molecule has 0 saturated carbocycles. The number of rotatable bonds is 2. The van der Waals surface area contributed by atoms with Crippen LogP contribution in [0.1, 0.15) is 38.1 Å². The molecule has 0 aliphatic carbocycles. The first-order chi connectivity index (χ1) is 10.6. The molecule has 120 valence electrons. The molecule has 0 aromatic heterocycles. The summed E-state index contributed by atoms with van der Waals surface area (Å²) in [7, 11) is 1.31. The van der Waals surface area contributed by atoms with Crippen LogP contribution in [0.4, 0.5) is 4.39 Å². The number of hydrogen-bond donors (Lipinski definition) is 1. The lowest BCUT2D eigenvalue weighted by Crippen LogP contribution is -2.00. The minimum absolute atomic E-state index is 0.399. The Morgan fingerprint density at radius 1 is 0.955 bits per heavy atom. The van der Waals surface area contributed by atoms with E-state index in [2.05, 4.69) is 4.74 Å². The van der Waals surface area contributed by atoms with Crippen LogP contribution in [0.25, 0.3) is 11.1 Å². The van der Waals surface area contributed by atoms with Gasteiger partial charge < -0.3 is 9.84 Å². The van der Waals surface area contributed by atoms with Gasteiger partial charge in [0.2, 0.25) is 0 Å². The maximum atomic E-state index is 12.9. The highest BCUT2D eigenvalue weighted by atomic mass is 19.1. The number of benzene rings is 2. The molecule has 0 fully saturated rings. The van der Waals surface area contributed by atoms with E-state index >= 15 is 0 Å². The van der Waals surface area contributed by atoms with Crippen molar-refractivity contribution in [2.45, 2.75) is 27.7 Å². The lowest BCUT2D eigenvalue weighted by Gasteiger charge is -2.04. The molecule has 0 bridgehead atoms. The highest BCUT2D eigenvalue weighted by Gasteiger charge is 2.07. The molecular weight excluding hydrogens is 283 g/mol. The molecule has 3 nitrogen and oxygen atoms in total. The first-order valence-electron chi connectivity index (χ1n) is 7.29. The Morgan fingerprint density at radius 2 is 1.45 bits per heavy atom. The average Bonchev–Trinajstić information content (AvgIpc) is 2.60. The van der Waals surface area contributed by atoms with Gasteiger partial charge in [-0.1, -0.05) is 45.9 Å². The minimum atomic E-state index is -0.662. The van der Waals surface area contributed by atoms with Gasteiger partial charge in [-0.3, -0.25) is 0 Å². The molecule has 2 aromatic rings. The van der Waals surface area contributed by atoms with Crippen molar-refractivity contribution >= 4 is 5.97 Å². The normalized spacial score (nSPS) is 8.82. The molecule has 0 aliphatic rings. The van der Waals surface area contributed by atoms with Gasteiger partial charge in [0.15, 0.2) is 11.6 Å². The van der Waals surface area contributed by atoms with Gasteiger partial charge >= 0.3 is 5.97 Å². The minimum Gasteiger partial charge on any atom is -0.505 e. The van der Waals surface area contributed by atoms with E-state index in [1.54, 1.807) is 30.3 Å². The first-order valence-corrected chi connectivity index (χ1v) is 7.29. The topological polar surface area (TPSA) is 46.5 Å². The second kappa shape index (κ2) is 10.4. The predicted molar refractivity (Wildman–Crippen MR) is 87.5 cm³/mol. The predicted octanol–water partition coefficient (Wildman–Crippen LogP) is 5.04. The van der Waals surface area contributed by atoms with E-state index in [9.17, 15) is 14.3 Å².